The molecule has 2 aromatic rings. The zero-order valence-corrected chi connectivity index (χ0v) is 12.6. The van der Waals surface area contributed by atoms with Crippen LogP contribution in [0.3, 0.4) is 0 Å². The molecule has 0 aliphatic rings. The monoisotopic (exact) mass is 292 g/mol. The molecule has 20 heavy (non-hydrogen) atoms. The number of hydrogen-bond donors (Lipinski definition) is 0. The standard InChI is InChI=1S/C13H16N4O2S/c1-13(2,3)10-11(18)17(12(20-4)16-15-10)14-8-9-6-5-7-19-9/h5-8H,1-4H3/b14-8+. The van der Waals surface area contributed by atoms with Gasteiger partial charge in [-0.1, -0.05) is 32.5 Å². The second-order valence-corrected chi connectivity index (χ2v) is 5.94. The summed E-state index contributed by atoms with van der Waals surface area (Å²) in [5.41, 5.74) is -0.269. The molecule has 0 saturated carbocycles. The Morgan fingerprint density at radius 3 is 2.70 bits per heavy atom. The highest BCUT2D eigenvalue weighted by atomic mass is 32.2. The molecule has 7 heteroatoms. The van der Waals surface area contributed by atoms with Gasteiger partial charge >= 0.3 is 0 Å². The van der Waals surface area contributed by atoms with Crippen molar-refractivity contribution >= 4 is 18.0 Å². The quantitative estimate of drug-likeness (QED) is 0.640. The third-order valence-electron chi connectivity index (χ3n) is 2.55. The van der Waals surface area contributed by atoms with Crippen LogP contribution in [0, 0.1) is 0 Å². The summed E-state index contributed by atoms with van der Waals surface area (Å²) >= 11 is 1.31. The lowest BCUT2D eigenvalue weighted by atomic mass is 9.93. The fourth-order valence-electron chi connectivity index (χ4n) is 1.54. The van der Waals surface area contributed by atoms with Gasteiger partial charge in [0, 0.05) is 5.41 Å². The number of furan rings is 1. The Hall–Kier alpha value is -1.89. The van der Waals surface area contributed by atoms with Crippen LogP contribution < -0.4 is 5.56 Å². The van der Waals surface area contributed by atoms with Gasteiger partial charge in [-0.2, -0.15) is 9.78 Å². The Labute approximate surface area is 120 Å². The smallest absolute Gasteiger partial charge is 0.297 e. The van der Waals surface area contributed by atoms with E-state index in [1.54, 1.807) is 18.4 Å². The van der Waals surface area contributed by atoms with E-state index >= 15 is 0 Å². The molecule has 0 N–H and O–H groups in total. The van der Waals surface area contributed by atoms with Gasteiger partial charge in [-0.15, -0.1) is 10.2 Å². The van der Waals surface area contributed by atoms with E-state index in [4.69, 9.17) is 4.42 Å². The third kappa shape index (κ3) is 2.98. The molecule has 0 unspecified atom stereocenters. The minimum atomic E-state index is -0.386. The Morgan fingerprint density at radius 1 is 1.40 bits per heavy atom. The van der Waals surface area contributed by atoms with E-state index in [1.807, 2.05) is 27.0 Å². The predicted molar refractivity (Wildman–Crippen MR) is 78.5 cm³/mol. The van der Waals surface area contributed by atoms with Crippen LogP contribution in [-0.2, 0) is 5.41 Å². The zero-order valence-electron chi connectivity index (χ0n) is 11.8. The highest BCUT2D eigenvalue weighted by Gasteiger charge is 2.23. The lowest BCUT2D eigenvalue weighted by Gasteiger charge is -2.16. The van der Waals surface area contributed by atoms with E-state index in [9.17, 15) is 4.79 Å². The van der Waals surface area contributed by atoms with Gasteiger partial charge in [-0.05, 0) is 18.4 Å². The second-order valence-electron chi connectivity index (χ2n) is 5.16. The topological polar surface area (TPSA) is 73.3 Å². The Balaban J connectivity index is 2.52. The summed E-state index contributed by atoms with van der Waals surface area (Å²) in [6.45, 7) is 5.74. The Kier molecular flexibility index (Phi) is 4.08. The van der Waals surface area contributed by atoms with Gasteiger partial charge in [0.2, 0.25) is 5.16 Å². The molecule has 2 heterocycles. The molecule has 0 fully saturated rings. The van der Waals surface area contributed by atoms with Crippen molar-refractivity contribution in [2.45, 2.75) is 31.3 Å². The lowest BCUT2D eigenvalue weighted by molar-refractivity contribution is 0.509. The summed E-state index contributed by atoms with van der Waals surface area (Å²) < 4.78 is 6.41. The molecule has 0 aromatic carbocycles. The number of aromatic nitrogens is 3. The van der Waals surface area contributed by atoms with Crippen molar-refractivity contribution in [2.75, 3.05) is 6.26 Å². The van der Waals surface area contributed by atoms with Gasteiger partial charge in [-0.3, -0.25) is 4.79 Å². The average molecular weight is 292 g/mol. The number of rotatable bonds is 3. The van der Waals surface area contributed by atoms with E-state index in [2.05, 4.69) is 15.3 Å². The SMILES string of the molecule is CSc1nnc(C(C)(C)C)c(=O)n1/N=C/c1ccco1. The first-order valence-electron chi connectivity index (χ1n) is 6.05. The van der Waals surface area contributed by atoms with Crippen LogP contribution in [0.2, 0.25) is 0 Å². The molecule has 0 aliphatic carbocycles. The lowest BCUT2D eigenvalue weighted by Crippen LogP contribution is -2.32. The molecular weight excluding hydrogens is 276 g/mol. The highest BCUT2D eigenvalue weighted by Crippen LogP contribution is 2.17. The van der Waals surface area contributed by atoms with Crippen molar-refractivity contribution in [1.82, 2.24) is 14.9 Å². The van der Waals surface area contributed by atoms with Crippen molar-refractivity contribution in [2.24, 2.45) is 5.10 Å². The van der Waals surface area contributed by atoms with E-state index in [0.29, 0.717) is 16.6 Å². The average Bonchev–Trinajstić information content (AvgIpc) is 2.88. The van der Waals surface area contributed by atoms with E-state index in [0.717, 1.165) is 0 Å². The van der Waals surface area contributed by atoms with Crippen LogP contribution in [0.25, 0.3) is 0 Å². The van der Waals surface area contributed by atoms with Crippen molar-refractivity contribution in [3.63, 3.8) is 0 Å². The van der Waals surface area contributed by atoms with Gasteiger partial charge in [0.25, 0.3) is 5.56 Å². The molecule has 2 aromatic heterocycles. The van der Waals surface area contributed by atoms with Crippen molar-refractivity contribution in [1.29, 1.82) is 0 Å². The minimum absolute atomic E-state index is 0.264. The Bertz CT molecular complexity index is 669. The van der Waals surface area contributed by atoms with Crippen LogP contribution in [0.15, 0.2) is 37.9 Å². The molecule has 2 rings (SSSR count). The van der Waals surface area contributed by atoms with Crippen LogP contribution >= 0.6 is 11.8 Å². The van der Waals surface area contributed by atoms with Gasteiger partial charge in [0.05, 0.1) is 12.5 Å². The van der Waals surface area contributed by atoms with Gasteiger partial charge in [0.1, 0.15) is 11.5 Å². The third-order valence-corrected chi connectivity index (χ3v) is 3.17. The van der Waals surface area contributed by atoms with Gasteiger partial charge in [-0.25, -0.2) is 0 Å². The molecule has 0 radical (unpaired) electrons. The second kappa shape index (κ2) is 5.62. The van der Waals surface area contributed by atoms with Crippen LogP contribution in [0.1, 0.15) is 32.2 Å². The number of hydrogen-bond acceptors (Lipinski definition) is 6. The zero-order chi connectivity index (χ0) is 14.8. The molecule has 0 bridgehead atoms. The molecule has 0 amide bonds. The molecule has 0 spiro atoms. The highest BCUT2D eigenvalue weighted by molar-refractivity contribution is 7.98. The maximum atomic E-state index is 12.5. The van der Waals surface area contributed by atoms with Crippen molar-refractivity contribution in [3.05, 3.63) is 40.2 Å². The predicted octanol–water partition coefficient (Wildman–Crippen LogP) is 2.13. The van der Waals surface area contributed by atoms with Crippen LogP contribution in [0.5, 0.6) is 0 Å². The van der Waals surface area contributed by atoms with Crippen molar-refractivity contribution < 1.29 is 4.42 Å². The first kappa shape index (κ1) is 14.5. The molecule has 0 aliphatic heterocycles. The van der Waals surface area contributed by atoms with Crippen LogP contribution in [0.4, 0.5) is 0 Å². The molecular formula is C13H16N4O2S. The first-order chi connectivity index (χ1) is 9.43. The van der Waals surface area contributed by atoms with E-state index in [1.165, 1.54) is 22.7 Å². The molecule has 0 saturated heterocycles. The minimum Gasteiger partial charge on any atom is -0.463 e. The normalized spacial score (nSPS) is 12.2. The number of thioether (sulfide) groups is 1. The first-order valence-corrected chi connectivity index (χ1v) is 7.28. The fourth-order valence-corrected chi connectivity index (χ4v) is 1.97. The fraction of sp³-hybridized carbons (Fsp3) is 0.385. The molecule has 106 valence electrons. The number of nitrogens with zero attached hydrogens (tertiary/aromatic N) is 4. The van der Waals surface area contributed by atoms with Gasteiger partial charge < -0.3 is 4.42 Å². The molecule has 0 atom stereocenters. The summed E-state index contributed by atoms with van der Waals surface area (Å²) in [6.07, 6.45) is 4.85. The molecule has 6 nitrogen and oxygen atoms in total. The van der Waals surface area contributed by atoms with Crippen LogP contribution in [-0.4, -0.2) is 27.3 Å². The Morgan fingerprint density at radius 2 is 2.15 bits per heavy atom. The van der Waals surface area contributed by atoms with E-state index < -0.39 is 0 Å². The summed E-state index contributed by atoms with van der Waals surface area (Å²) in [7, 11) is 0. The van der Waals surface area contributed by atoms with Gasteiger partial charge in [0.15, 0.2) is 0 Å². The van der Waals surface area contributed by atoms with Crippen molar-refractivity contribution in [3.8, 4) is 0 Å². The summed E-state index contributed by atoms with van der Waals surface area (Å²) in [4.78, 5) is 12.5. The maximum absolute atomic E-state index is 12.5. The summed E-state index contributed by atoms with van der Waals surface area (Å²) in [5, 5.41) is 12.7. The largest absolute Gasteiger partial charge is 0.463 e. The summed E-state index contributed by atoms with van der Waals surface area (Å²) in [6, 6.07) is 3.51. The maximum Gasteiger partial charge on any atom is 0.297 e. The summed E-state index contributed by atoms with van der Waals surface area (Å²) in [5.74, 6) is 0.568. The van der Waals surface area contributed by atoms with E-state index in [-0.39, 0.29) is 11.0 Å².